The summed E-state index contributed by atoms with van der Waals surface area (Å²) in [5.74, 6) is -1.81. The van der Waals surface area contributed by atoms with Crippen molar-refractivity contribution in [2.24, 2.45) is 5.73 Å². The monoisotopic (exact) mass is 186 g/mol. The SMILES string of the molecule is NC(=O)CC[C@H](NO)C(=O)O.[NaH]. The van der Waals surface area contributed by atoms with Gasteiger partial charge in [-0.15, -0.1) is 0 Å². The molecule has 1 amide bonds. The van der Waals surface area contributed by atoms with E-state index in [0.29, 0.717) is 0 Å². The predicted molar refractivity (Wildman–Crippen MR) is 41.9 cm³/mol. The molecular weight excluding hydrogens is 175 g/mol. The molecule has 0 rings (SSSR count). The van der Waals surface area contributed by atoms with Crippen LogP contribution in [0.3, 0.4) is 0 Å². The molecule has 0 aromatic heterocycles. The van der Waals surface area contributed by atoms with E-state index in [1.165, 1.54) is 0 Å². The molecule has 0 bridgehead atoms. The zero-order valence-corrected chi connectivity index (χ0v) is 5.78. The average Bonchev–Trinajstić information content (AvgIpc) is 1.87. The van der Waals surface area contributed by atoms with Gasteiger partial charge in [-0.3, -0.25) is 9.59 Å². The van der Waals surface area contributed by atoms with Crippen molar-refractivity contribution in [3.05, 3.63) is 0 Å². The van der Waals surface area contributed by atoms with Gasteiger partial charge in [-0.2, -0.15) is 5.48 Å². The molecule has 0 aromatic carbocycles. The van der Waals surface area contributed by atoms with E-state index in [2.05, 4.69) is 0 Å². The topological polar surface area (TPSA) is 113 Å². The summed E-state index contributed by atoms with van der Waals surface area (Å²) in [6, 6.07) is -1.12. The van der Waals surface area contributed by atoms with Gasteiger partial charge in [-0.1, -0.05) is 0 Å². The minimum absolute atomic E-state index is 0. The Kier molecular flexibility index (Phi) is 9.00. The molecular formula is C5H11N2NaO4. The first-order valence-electron chi connectivity index (χ1n) is 2.98. The van der Waals surface area contributed by atoms with Crippen molar-refractivity contribution in [2.45, 2.75) is 18.9 Å². The molecule has 66 valence electrons. The summed E-state index contributed by atoms with van der Waals surface area (Å²) in [4.78, 5) is 20.3. The molecule has 0 heterocycles. The van der Waals surface area contributed by atoms with E-state index in [1.54, 1.807) is 5.48 Å². The van der Waals surface area contributed by atoms with Gasteiger partial charge in [0.2, 0.25) is 5.91 Å². The molecule has 0 spiro atoms. The first-order valence-corrected chi connectivity index (χ1v) is 2.98. The Morgan fingerprint density at radius 1 is 1.50 bits per heavy atom. The Bertz CT molecular complexity index is 164. The van der Waals surface area contributed by atoms with Gasteiger partial charge >= 0.3 is 35.5 Å². The maximum atomic E-state index is 10.2. The van der Waals surface area contributed by atoms with Crippen LogP contribution in [-0.2, 0) is 9.59 Å². The number of primary amides is 1. The van der Waals surface area contributed by atoms with Crippen molar-refractivity contribution in [2.75, 3.05) is 0 Å². The predicted octanol–water partition coefficient (Wildman–Crippen LogP) is -1.96. The molecule has 0 aliphatic carbocycles. The standard InChI is InChI=1S/C5H10N2O4.Na.H/c6-4(8)2-1-3(7-11)5(9)10;;/h3,7,11H,1-2H2,(H2,6,8)(H,9,10);;/t3-;;/m0../s1. The van der Waals surface area contributed by atoms with Crippen molar-refractivity contribution in [3.8, 4) is 0 Å². The summed E-state index contributed by atoms with van der Waals surface area (Å²) in [7, 11) is 0. The molecule has 0 aliphatic heterocycles. The fourth-order valence-corrected chi connectivity index (χ4v) is 0.530. The van der Waals surface area contributed by atoms with E-state index in [1.807, 2.05) is 0 Å². The Morgan fingerprint density at radius 2 is 2.00 bits per heavy atom. The van der Waals surface area contributed by atoms with Crippen LogP contribution in [0.15, 0.2) is 0 Å². The molecule has 0 radical (unpaired) electrons. The second-order valence-electron chi connectivity index (χ2n) is 2.02. The zero-order valence-electron chi connectivity index (χ0n) is 5.78. The second-order valence-corrected chi connectivity index (χ2v) is 2.02. The van der Waals surface area contributed by atoms with Crippen LogP contribution in [0.1, 0.15) is 12.8 Å². The molecule has 0 unspecified atom stereocenters. The number of hydroxylamine groups is 1. The molecule has 12 heavy (non-hydrogen) atoms. The number of carboxylic acids is 1. The normalized spacial score (nSPS) is 11.4. The van der Waals surface area contributed by atoms with Gasteiger partial charge in [0.1, 0.15) is 6.04 Å². The number of hydrogen-bond donors (Lipinski definition) is 4. The molecule has 6 nitrogen and oxygen atoms in total. The zero-order chi connectivity index (χ0) is 8.85. The van der Waals surface area contributed by atoms with Gasteiger partial charge in [-0.05, 0) is 6.42 Å². The Balaban J connectivity index is 0. The first-order chi connectivity index (χ1) is 5.07. The van der Waals surface area contributed by atoms with Gasteiger partial charge in [0.15, 0.2) is 0 Å². The third-order valence-electron chi connectivity index (χ3n) is 1.13. The number of aliphatic carboxylic acids is 1. The van der Waals surface area contributed by atoms with Crippen LogP contribution >= 0.6 is 0 Å². The summed E-state index contributed by atoms with van der Waals surface area (Å²) in [6.07, 6.45) is -0.0777. The average molecular weight is 186 g/mol. The van der Waals surface area contributed by atoms with Crippen LogP contribution in [0.4, 0.5) is 0 Å². The number of carbonyl (C=O) groups is 2. The number of carboxylic acid groups (broad SMARTS) is 1. The van der Waals surface area contributed by atoms with Crippen molar-refractivity contribution < 1.29 is 19.9 Å². The van der Waals surface area contributed by atoms with E-state index >= 15 is 0 Å². The van der Waals surface area contributed by atoms with Crippen LogP contribution < -0.4 is 11.2 Å². The Morgan fingerprint density at radius 3 is 2.25 bits per heavy atom. The quantitative estimate of drug-likeness (QED) is 0.294. The summed E-state index contributed by atoms with van der Waals surface area (Å²) in [6.45, 7) is 0. The van der Waals surface area contributed by atoms with E-state index in [9.17, 15) is 9.59 Å². The van der Waals surface area contributed by atoms with E-state index in [-0.39, 0.29) is 42.4 Å². The third kappa shape index (κ3) is 6.56. The molecule has 1 atom stereocenters. The number of rotatable bonds is 5. The Hall–Kier alpha value is -0.140. The van der Waals surface area contributed by atoms with Crippen molar-refractivity contribution in [1.29, 1.82) is 0 Å². The van der Waals surface area contributed by atoms with E-state index in [0.717, 1.165) is 0 Å². The van der Waals surface area contributed by atoms with Gasteiger partial charge in [-0.25, -0.2) is 0 Å². The molecule has 0 saturated heterocycles. The van der Waals surface area contributed by atoms with Gasteiger partial charge in [0, 0.05) is 6.42 Å². The van der Waals surface area contributed by atoms with Crippen molar-refractivity contribution in [1.82, 2.24) is 5.48 Å². The fourth-order valence-electron chi connectivity index (χ4n) is 0.530. The number of amides is 1. The van der Waals surface area contributed by atoms with Gasteiger partial charge < -0.3 is 16.0 Å². The molecule has 7 heteroatoms. The minimum atomic E-state index is -1.21. The van der Waals surface area contributed by atoms with Crippen LogP contribution in [0.5, 0.6) is 0 Å². The van der Waals surface area contributed by atoms with Crippen molar-refractivity contribution in [3.63, 3.8) is 0 Å². The number of hydrogen-bond acceptors (Lipinski definition) is 4. The summed E-state index contributed by atoms with van der Waals surface area (Å²) < 4.78 is 0. The van der Waals surface area contributed by atoms with Crippen LogP contribution in [-0.4, -0.2) is 57.8 Å². The molecule has 0 aliphatic rings. The summed E-state index contributed by atoms with van der Waals surface area (Å²) in [5.41, 5.74) is 6.30. The van der Waals surface area contributed by atoms with Crippen LogP contribution in [0, 0.1) is 0 Å². The van der Waals surface area contributed by atoms with Gasteiger partial charge in [0.05, 0.1) is 0 Å². The second kappa shape index (κ2) is 7.51. The van der Waals surface area contributed by atoms with Gasteiger partial charge in [0.25, 0.3) is 0 Å². The third-order valence-corrected chi connectivity index (χ3v) is 1.13. The molecule has 0 saturated carbocycles. The van der Waals surface area contributed by atoms with E-state index in [4.69, 9.17) is 16.0 Å². The summed E-state index contributed by atoms with van der Waals surface area (Å²) in [5, 5.41) is 16.5. The first kappa shape index (κ1) is 14.4. The number of nitrogens with two attached hydrogens (primary N) is 1. The van der Waals surface area contributed by atoms with E-state index < -0.39 is 17.9 Å². The number of carbonyl (C=O) groups excluding carboxylic acids is 1. The fraction of sp³-hybridized carbons (Fsp3) is 0.600. The van der Waals surface area contributed by atoms with Crippen LogP contribution in [0.2, 0.25) is 0 Å². The van der Waals surface area contributed by atoms with Crippen molar-refractivity contribution >= 4 is 41.4 Å². The molecule has 0 fully saturated rings. The summed E-state index contributed by atoms with van der Waals surface area (Å²) >= 11 is 0. The number of nitrogens with one attached hydrogen (secondary N) is 1. The molecule has 5 N–H and O–H groups in total. The Labute approximate surface area is 91.4 Å². The van der Waals surface area contributed by atoms with Crippen LogP contribution in [0.25, 0.3) is 0 Å². The molecule has 0 aromatic rings. The maximum absolute atomic E-state index is 10.2.